The minimum absolute atomic E-state index is 0.188. The van der Waals surface area contributed by atoms with E-state index in [1.807, 2.05) is 12.1 Å². The molecule has 0 radical (unpaired) electrons. The molecule has 180 valence electrons. The molecule has 2 aromatic carbocycles. The summed E-state index contributed by atoms with van der Waals surface area (Å²) in [4.78, 5) is 32.5. The molecule has 5 rings (SSSR count). The SMILES string of the molecule is O=C1NC(=O)/C(=C/c2ccnc(CC3CCC(CCCc4ccc5cc(F)ccc5c4)CC3)n2)S1. The third-order valence-electron chi connectivity index (χ3n) is 7.03. The van der Waals surface area contributed by atoms with Gasteiger partial charge in [0.15, 0.2) is 0 Å². The van der Waals surface area contributed by atoms with Crippen LogP contribution >= 0.6 is 11.8 Å². The van der Waals surface area contributed by atoms with Gasteiger partial charge in [-0.3, -0.25) is 14.9 Å². The van der Waals surface area contributed by atoms with E-state index in [2.05, 4.69) is 27.4 Å². The average Bonchev–Trinajstić information content (AvgIpc) is 3.16. The third kappa shape index (κ3) is 6.14. The Kier molecular flexibility index (Phi) is 7.23. The number of nitrogens with one attached hydrogen (secondary N) is 1. The summed E-state index contributed by atoms with van der Waals surface area (Å²) in [5.41, 5.74) is 1.98. The first-order valence-corrected chi connectivity index (χ1v) is 13.1. The molecule has 2 heterocycles. The Morgan fingerprint density at radius 2 is 1.77 bits per heavy atom. The van der Waals surface area contributed by atoms with Crippen molar-refractivity contribution in [2.24, 2.45) is 11.8 Å². The number of imide groups is 1. The van der Waals surface area contributed by atoms with Crippen molar-refractivity contribution in [3.05, 3.63) is 76.5 Å². The molecule has 0 spiro atoms. The first-order valence-electron chi connectivity index (χ1n) is 12.3. The Morgan fingerprint density at radius 3 is 2.57 bits per heavy atom. The van der Waals surface area contributed by atoms with Crippen LogP contribution in [0.15, 0.2) is 53.6 Å². The normalized spacial score (nSPS) is 21.6. The quantitative estimate of drug-likeness (QED) is 0.385. The first kappa shape index (κ1) is 23.7. The minimum Gasteiger partial charge on any atom is -0.282 e. The summed E-state index contributed by atoms with van der Waals surface area (Å²) < 4.78 is 13.4. The molecule has 1 saturated heterocycles. The van der Waals surface area contributed by atoms with Gasteiger partial charge in [-0.05, 0) is 89.9 Å². The smallest absolute Gasteiger partial charge is 0.282 e. The number of aryl methyl sites for hydroxylation is 1. The molecule has 35 heavy (non-hydrogen) atoms. The lowest BCUT2D eigenvalue weighted by Gasteiger charge is -2.28. The lowest BCUT2D eigenvalue weighted by molar-refractivity contribution is -0.115. The highest BCUT2D eigenvalue weighted by Crippen LogP contribution is 2.33. The number of carbonyl (C=O) groups excluding carboxylic acids is 2. The molecule has 2 aliphatic rings. The summed E-state index contributed by atoms with van der Waals surface area (Å²) in [5.74, 6) is 1.60. The van der Waals surface area contributed by atoms with Gasteiger partial charge in [-0.1, -0.05) is 43.5 Å². The lowest BCUT2D eigenvalue weighted by Crippen LogP contribution is -2.18. The van der Waals surface area contributed by atoms with Gasteiger partial charge in [0.2, 0.25) is 0 Å². The molecule has 2 fully saturated rings. The van der Waals surface area contributed by atoms with Crippen LogP contribution < -0.4 is 5.32 Å². The summed E-state index contributed by atoms with van der Waals surface area (Å²) >= 11 is 0.903. The van der Waals surface area contributed by atoms with Crippen LogP contribution in [0.25, 0.3) is 16.8 Å². The van der Waals surface area contributed by atoms with Gasteiger partial charge >= 0.3 is 0 Å². The molecule has 5 nitrogen and oxygen atoms in total. The summed E-state index contributed by atoms with van der Waals surface area (Å²) in [6.45, 7) is 0. The van der Waals surface area contributed by atoms with Gasteiger partial charge in [-0.15, -0.1) is 0 Å². The van der Waals surface area contributed by atoms with Crippen molar-refractivity contribution >= 4 is 39.8 Å². The van der Waals surface area contributed by atoms with Gasteiger partial charge in [0.05, 0.1) is 10.6 Å². The van der Waals surface area contributed by atoms with E-state index < -0.39 is 0 Å². The molecule has 3 aromatic rings. The van der Waals surface area contributed by atoms with Crippen LogP contribution in [-0.2, 0) is 17.6 Å². The number of fused-ring (bicyclic) bond motifs is 1. The Hall–Kier alpha value is -3.06. The number of rotatable bonds is 7. The van der Waals surface area contributed by atoms with Crippen LogP contribution in [0.4, 0.5) is 9.18 Å². The van der Waals surface area contributed by atoms with Gasteiger partial charge in [0.25, 0.3) is 11.1 Å². The summed E-state index contributed by atoms with van der Waals surface area (Å²) in [5, 5.41) is 3.98. The van der Waals surface area contributed by atoms with Crippen LogP contribution in [0, 0.1) is 17.7 Å². The second-order valence-corrected chi connectivity index (χ2v) is 10.6. The van der Waals surface area contributed by atoms with Crippen LogP contribution in [0.1, 0.15) is 55.6 Å². The summed E-state index contributed by atoms with van der Waals surface area (Å²) in [6.07, 6.45) is 12.6. The summed E-state index contributed by atoms with van der Waals surface area (Å²) in [6, 6.07) is 13.1. The number of aromatic nitrogens is 2. The molecule has 1 aromatic heterocycles. The van der Waals surface area contributed by atoms with Gasteiger partial charge < -0.3 is 0 Å². The largest absolute Gasteiger partial charge is 0.290 e. The van der Waals surface area contributed by atoms with E-state index in [0.29, 0.717) is 16.5 Å². The topological polar surface area (TPSA) is 72.0 Å². The van der Waals surface area contributed by atoms with Crippen molar-refractivity contribution in [2.75, 3.05) is 0 Å². The molecule has 7 heteroatoms. The maximum atomic E-state index is 13.4. The van der Waals surface area contributed by atoms with Crippen molar-refractivity contribution in [1.29, 1.82) is 0 Å². The number of carbonyl (C=O) groups is 2. The van der Waals surface area contributed by atoms with E-state index in [1.54, 1.807) is 24.4 Å². The lowest BCUT2D eigenvalue weighted by atomic mass is 9.78. The number of thioether (sulfide) groups is 1. The number of halogens is 1. The maximum absolute atomic E-state index is 13.4. The number of benzene rings is 2. The Bertz CT molecular complexity index is 1280. The Balaban J connectivity index is 1.08. The predicted molar refractivity (Wildman–Crippen MR) is 137 cm³/mol. The highest BCUT2D eigenvalue weighted by molar-refractivity contribution is 8.18. The van der Waals surface area contributed by atoms with Crippen molar-refractivity contribution in [3.8, 4) is 0 Å². The van der Waals surface area contributed by atoms with Gasteiger partial charge in [0.1, 0.15) is 11.6 Å². The molecule has 1 N–H and O–H groups in total. The second-order valence-electron chi connectivity index (χ2n) is 9.56. The van der Waals surface area contributed by atoms with Crippen molar-refractivity contribution < 1.29 is 14.0 Å². The molecule has 1 aliphatic heterocycles. The zero-order valence-electron chi connectivity index (χ0n) is 19.5. The molecule has 0 atom stereocenters. The zero-order valence-corrected chi connectivity index (χ0v) is 20.3. The van der Waals surface area contributed by atoms with E-state index >= 15 is 0 Å². The molecule has 0 bridgehead atoms. The fourth-order valence-electron chi connectivity index (χ4n) is 5.15. The van der Waals surface area contributed by atoms with Crippen molar-refractivity contribution in [2.45, 2.75) is 51.4 Å². The fraction of sp³-hybridized carbons (Fsp3) is 0.357. The number of amides is 2. The maximum Gasteiger partial charge on any atom is 0.290 e. The number of hydrogen-bond acceptors (Lipinski definition) is 5. The van der Waals surface area contributed by atoms with Gasteiger partial charge in [0, 0.05) is 12.6 Å². The van der Waals surface area contributed by atoms with E-state index in [1.165, 1.54) is 50.2 Å². The van der Waals surface area contributed by atoms with E-state index in [0.717, 1.165) is 47.1 Å². The molecule has 1 aliphatic carbocycles. The number of nitrogens with zero attached hydrogens (tertiary/aromatic N) is 2. The minimum atomic E-state index is -0.366. The third-order valence-corrected chi connectivity index (χ3v) is 7.84. The first-order chi connectivity index (χ1) is 17.0. The van der Waals surface area contributed by atoms with Crippen molar-refractivity contribution in [1.82, 2.24) is 15.3 Å². The van der Waals surface area contributed by atoms with Gasteiger partial charge in [-0.2, -0.15) is 0 Å². The summed E-state index contributed by atoms with van der Waals surface area (Å²) in [7, 11) is 0. The molecule has 2 amide bonds. The molecule has 1 saturated carbocycles. The highest BCUT2D eigenvalue weighted by Gasteiger charge is 2.25. The molecular weight excluding hydrogens is 461 g/mol. The standard InChI is InChI=1S/C28H28FN3O2S/c29-23-11-10-21-14-19(8-9-22(21)16-23)3-1-2-18-4-6-20(7-5-18)15-26-30-13-12-24(31-26)17-25-27(33)32-28(34)35-25/h8-14,16-18,20H,1-7,15H2,(H,32,33,34)/b25-17-. The van der Waals surface area contributed by atoms with E-state index in [4.69, 9.17) is 0 Å². The molecule has 0 unspecified atom stereocenters. The van der Waals surface area contributed by atoms with Crippen molar-refractivity contribution in [3.63, 3.8) is 0 Å². The molecular formula is C28H28FN3O2S. The zero-order chi connectivity index (χ0) is 24.2. The predicted octanol–water partition coefficient (Wildman–Crippen LogP) is 6.46. The Labute approximate surface area is 208 Å². The van der Waals surface area contributed by atoms with Gasteiger partial charge in [-0.25, -0.2) is 14.4 Å². The fourth-order valence-corrected chi connectivity index (χ4v) is 5.81. The second kappa shape index (κ2) is 10.7. The number of hydrogen-bond donors (Lipinski definition) is 1. The average molecular weight is 490 g/mol. The van der Waals surface area contributed by atoms with E-state index in [-0.39, 0.29) is 17.0 Å². The van der Waals surface area contributed by atoms with E-state index in [9.17, 15) is 14.0 Å². The van der Waals surface area contributed by atoms with Crippen LogP contribution in [0.5, 0.6) is 0 Å². The highest BCUT2D eigenvalue weighted by atomic mass is 32.2. The van der Waals surface area contributed by atoms with Crippen LogP contribution in [0.2, 0.25) is 0 Å². The van der Waals surface area contributed by atoms with Crippen LogP contribution in [0.3, 0.4) is 0 Å². The monoisotopic (exact) mass is 489 g/mol. The van der Waals surface area contributed by atoms with Crippen LogP contribution in [-0.4, -0.2) is 21.1 Å². The Morgan fingerprint density at radius 1 is 1.00 bits per heavy atom.